The summed E-state index contributed by atoms with van der Waals surface area (Å²) in [5, 5.41) is 0. The lowest BCUT2D eigenvalue weighted by molar-refractivity contribution is -0.634. The molecular weight excluding hydrogens is 1580 g/mol. The third kappa shape index (κ3) is 18.2. The van der Waals surface area contributed by atoms with Crippen LogP contribution in [0.5, 0.6) is 0 Å². The van der Waals surface area contributed by atoms with E-state index >= 15 is 0 Å². The molecule has 0 bridgehead atoms. The molecule has 13 aromatic carbocycles. The largest absolute Gasteiger partial charge is 0.295 e. The van der Waals surface area contributed by atoms with Crippen molar-refractivity contribution < 1.29 is 18.3 Å². The van der Waals surface area contributed by atoms with Crippen LogP contribution >= 0.6 is 0 Å². The van der Waals surface area contributed by atoms with Gasteiger partial charge in [0, 0.05) is 44.5 Å². The number of imidazole rings is 4. The fraction of sp³-hybridized carbons (Fsp3) is 0.328. The zero-order valence-electron chi connectivity index (χ0n) is 83.8. The zero-order chi connectivity index (χ0) is 93.5. The van der Waals surface area contributed by atoms with Crippen LogP contribution in [0, 0.1) is 34.6 Å². The highest BCUT2D eigenvalue weighted by atomic mass is 15.2. The van der Waals surface area contributed by atoms with Crippen LogP contribution in [0.2, 0.25) is 0 Å². The van der Waals surface area contributed by atoms with Gasteiger partial charge in [0.1, 0.15) is 22.7 Å². The fourth-order valence-electron chi connectivity index (χ4n) is 19.9. The quantitative estimate of drug-likeness (QED) is 0.0768. The Bertz CT molecular complexity index is 6880. The molecular formula is C122H144N8+4. The molecule has 0 fully saturated rings. The van der Waals surface area contributed by atoms with Crippen molar-refractivity contribution in [1.82, 2.24) is 18.3 Å². The Kier molecular flexibility index (Phi) is 28.0. The van der Waals surface area contributed by atoms with Crippen LogP contribution < -0.4 is 18.3 Å². The number of rotatable bonds is 18. The van der Waals surface area contributed by atoms with Gasteiger partial charge in [-0.15, -0.1) is 0 Å². The average molecular weight is 1720 g/mol. The molecule has 0 saturated heterocycles. The molecule has 668 valence electrons. The van der Waals surface area contributed by atoms with Crippen LogP contribution in [-0.4, -0.2) is 18.3 Å². The minimum absolute atomic E-state index is 0.132. The summed E-state index contributed by atoms with van der Waals surface area (Å²) in [5.41, 5.74) is 43.6. The van der Waals surface area contributed by atoms with Gasteiger partial charge in [0.05, 0.1) is 50.4 Å². The van der Waals surface area contributed by atoms with Crippen LogP contribution in [0.3, 0.4) is 0 Å². The summed E-state index contributed by atoms with van der Waals surface area (Å²) in [6, 6.07) is 101. The topological polar surface area (TPSA) is 35.2 Å². The van der Waals surface area contributed by atoms with Crippen molar-refractivity contribution in [3.05, 3.63) is 356 Å². The molecule has 0 saturated carbocycles. The van der Waals surface area contributed by atoms with Gasteiger partial charge in [-0.25, -0.2) is 18.3 Å². The maximum absolute atomic E-state index is 2.53. The van der Waals surface area contributed by atoms with Crippen molar-refractivity contribution in [3.63, 3.8) is 0 Å². The van der Waals surface area contributed by atoms with Crippen LogP contribution in [0.25, 0.3) is 124 Å². The molecule has 0 atom stereocenters. The Hall–Kier alpha value is -12.3. The second kappa shape index (κ2) is 38.8. The second-order valence-corrected chi connectivity index (χ2v) is 40.4. The Labute approximate surface area is 778 Å². The Morgan fingerprint density at radius 1 is 0.223 bits per heavy atom. The normalized spacial score (nSPS) is 11.9. The van der Waals surface area contributed by atoms with Gasteiger partial charge in [-0.1, -0.05) is 351 Å². The van der Waals surface area contributed by atoms with Crippen molar-refractivity contribution in [3.8, 4) is 79.4 Å². The fourth-order valence-corrected chi connectivity index (χ4v) is 19.9. The Balaban J connectivity index is 0.000000140. The molecule has 8 nitrogen and oxygen atoms in total. The number of nitrogens with zero attached hydrogens (tertiary/aromatic N) is 8. The van der Waals surface area contributed by atoms with E-state index in [0.717, 1.165) is 0 Å². The second-order valence-electron chi connectivity index (χ2n) is 40.4. The molecule has 17 rings (SSSR count). The predicted octanol–water partition coefficient (Wildman–Crippen LogP) is 31.1. The third-order valence-corrected chi connectivity index (χ3v) is 27.0. The van der Waals surface area contributed by atoms with E-state index in [2.05, 4.69) is 518 Å². The number of fused-ring (bicyclic) bond motifs is 4. The highest BCUT2D eigenvalue weighted by Gasteiger charge is 2.38. The van der Waals surface area contributed by atoms with Crippen LogP contribution in [-0.2, 0) is 33.6 Å². The molecule has 0 aliphatic heterocycles. The van der Waals surface area contributed by atoms with Gasteiger partial charge in [-0.2, -0.15) is 18.3 Å². The highest BCUT2D eigenvalue weighted by molar-refractivity contribution is 5.86. The van der Waals surface area contributed by atoms with Gasteiger partial charge in [0.25, 0.3) is 23.3 Å². The maximum atomic E-state index is 2.53. The number of aromatic nitrogens is 8. The van der Waals surface area contributed by atoms with Crippen molar-refractivity contribution >= 4 is 44.1 Å². The minimum Gasteiger partial charge on any atom is -0.225 e. The molecule has 0 radical (unpaired) electrons. The van der Waals surface area contributed by atoms with E-state index in [1.54, 1.807) is 0 Å². The van der Waals surface area contributed by atoms with Crippen LogP contribution in [0.4, 0.5) is 0 Å². The average Bonchev–Trinajstić information content (AvgIpc) is 1.59. The molecule has 0 N–H and O–H groups in total. The van der Waals surface area contributed by atoms with Gasteiger partial charge in [0.2, 0.25) is 0 Å². The summed E-state index contributed by atoms with van der Waals surface area (Å²) in [6.07, 6.45) is 0. The molecule has 0 spiro atoms. The highest BCUT2D eigenvalue weighted by Crippen LogP contribution is 2.45. The van der Waals surface area contributed by atoms with Crippen molar-refractivity contribution in [2.24, 2.45) is 28.2 Å². The van der Waals surface area contributed by atoms with E-state index < -0.39 is 0 Å². The molecule has 0 unspecified atom stereocenters. The summed E-state index contributed by atoms with van der Waals surface area (Å²) in [6.45, 7) is 59.3. The predicted molar refractivity (Wildman–Crippen MR) is 554 cm³/mol. The number of para-hydroxylation sites is 12. The maximum Gasteiger partial charge on any atom is 0.295 e. The van der Waals surface area contributed by atoms with E-state index in [1.807, 2.05) is 0 Å². The van der Waals surface area contributed by atoms with E-state index in [0.29, 0.717) is 53.3 Å². The van der Waals surface area contributed by atoms with E-state index in [-0.39, 0.29) is 5.41 Å². The summed E-state index contributed by atoms with van der Waals surface area (Å²) in [7, 11) is 8.81. The molecule has 0 aliphatic rings. The lowest BCUT2D eigenvalue weighted by Crippen LogP contribution is -2.30. The van der Waals surface area contributed by atoms with Crippen molar-refractivity contribution in [2.45, 2.75) is 239 Å². The zero-order valence-corrected chi connectivity index (χ0v) is 83.8. The molecule has 130 heavy (non-hydrogen) atoms. The Morgan fingerprint density at radius 3 is 0.738 bits per heavy atom. The van der Waals surface area contributed by atoms with Crippen LogP contribution in [0.1, 0.15) is 282 Å². The van der Waals surface area contributed by atoms with Gasteiger partial charge < -0.3 is 0 Å². The molecule has 17 aromatic rings. The summed E-state index contributed by atoms with van der Waals surface area (Å²) < 4.78 is 19.5. The smallest absolute Gasteiger partial charge is 0.225 e. The molecule has 4 aromatic heterocycles. The first-order valence-corrected chi connectivity index (χ1v) is 47.9. The number of hydrogen-bond acceptors (Lipinski definition) is 0. The number of benzene rings is 13. The first-order valence-electron chi connectivity index (χ1n) is 47.9. The van der Waals surface area contributed by atoms with Crippen molar-refractivity contribution in [2.75, 3.05) is 0 Å². The molecule has 8 heteroatoms. The first kappa shape index (κ1) is 93.9. The molecule has 0 aliphatic carbocycles. The van der Waals surface area contributed by atoms with Gasteiger partial charge in [0.15, 0.2) is 44.1 Å². The minimum atomic E-state index is 0.132. The lowest BCUT2D eigenvalue weighted by atomic mass is 9.85. The SMILES string of the molecule is Cc1cc(-c2ccccc2)ccc1-c1n(-c2c(C(C)C)cccc2C(C)C)c2ccccc2[n+]1C.Cc1cc(C(C)(C)C)ccc1-c1n(-c2c(C(C)C)cccc2C(C)C)c2ccccc2[n+]1C.Cc1cc(C(C)C)ccc1-c1n(-c2c(C(C)C)cccc2C(C)C)c2ccccc2[n+]1C.Cc1ccc(-c2n(-c3c(C(C)C)cccc3C(C)C)c3ccccc3[n+]2C)c(C)c1. The lowest BCUT2D eigenvalue weighted by Gasteiger charge is -2.21. The van der Waals surface area contributed by atoms with E-state index in [1.165, 1.54) is 207 Å². The van der Waals surface area contributed by atoms with Crippen molar-refractivity contribution in [1.29, 1.82) is 0 Å². The summed E-state index contributed by atoms with van der Waals surface area (Å²) >= 11 is 0. The summed E-state index contributed by atoms with van der Waals surface area (Å²) in [4.78, 5) is 0. The number of hydrogen-bond donors (Lipinski definition) is 0. The van der Waals surface area contributed by atoms with Gasteiger partial charge in [-0.05, 0) is 211 Å². The number of aryl methyl sites for hydroxylation is 9. The van der Waals surface area contributed by atoms with Gasteiger partial charge >= 0.3 is 0 Å². The third-order valence-electron chi connectivity index (χ3n) is 27.0. The summed E-state index contributed by atoms with van der Waals surface area (Å²) in [5.74, 6) is 8.93. The molecule has 0 amide bonds. The monoisotopic (exact) mass is 1720 g/mol. The van der Waals surface area contributed by atoms with E-state index in [4.69, 9.17) is 0 Å². The molecule has 4 heterocycles. The van der Waals surface area contributed by atoms with Crippen LogP contribution in [0.15, 0.2) is 273 Å². The standard InChI is InChI=1S/C33H35N2.C31H39N2.C30H37N2.C28H33N2/c1-22(2)27-15-12-16-28(23(3)4)32(27)35-31-18-11-10-17-30(31)34(6)33(35)29-20-19-26(21-24(29)5)25-13-8-7-9-14-25;1-20(2)24-13-12-14-25(21(3)4)29(24)33-28-16-11-10-15-27(28)32(9)30(33)26-18-17-23(19-22(26)5)31(6,7)8;1-19(2)23-16-17-26(22(7)18-23)30-31(8)27-14-9-10-15-28(27)32(30)29-24(20(3)4)12-11-13-25(29)21(5)6;1-18(2)22-11-10-12-23(19(3)4)27(22)30-26-14-9-8-13-25(26)29(7)28(30)24-16-15-20(5)17-21(24)6/h7-23H,1-6H3;10-21H,1-9H3;9-21H,1-8H3;8-19H,1-7H3/q4*+1. The van der Waals surface area contributed by atoms with Gasteiger partial charge in [-0.3, -0.25) is 0 Å². The Morgan fingerprint density at radius 2 is 0.477 bits per heavy atom. The van der Waals surface area contributed by atoms with E-state index in [9.17, 15) is 0 Å². The first-order chi connectivity index (χ1) is 61.9.